The second-order valence-electron chi connectivity index (χ2n) is 20.6. The third-order valence-electron chi connectivity index (χ3n) is 14.1. The van der Waals surface area contributed by atoms with E-state index in [2.05, 4.69) is 219 Å². The van der Waals surface area contributed by atoms with Gasteiger partial charge >= 0.3 is 0 Å². The molecular weight excluding hydrogens is 877 g/mol. The van der Waals surface area contributed by atoms with Crippen molar-refractivity contribution in [2.45, 2.75) is 39.3 Å². The Hall–Kier alpha value is -7.85. The van der Waals surface area contributed by atoms with Crippen LogP contribution in [0.25, 0.3) is 87.4 Å². The van der Waals surface area contributed by atoms with E-state index in [9.17, 15) is 0 Å². The second-order valence-corrected chi connectivity index (χ2v) is 30.7. The highest BCUT2D eigenvalue weighted by molar-refractivity contribution is 6.89. The maximum Gasteiger partial charge on any atom is 0.143 e. The topological polar surface area (TPSA) is 45.9 Å². The molecular formula is C62H50N2O3Si2. The fourth-order valence-electron chi connectivity index (χ4n) is 10.5. The molecule has 0 aliphatic rings. The fourth-order valence-corrected chi connectivity index (χ4v) is 12.9. The van der Waals surface area contributed by atoms with Crippen molar-refractivity contribution in [3.63, 3.8) is 0 Å². The number of furan rings is 3. The summed E-state index contributed by atoms with van der Waals surface area (Å²) in [5.74, 6) is 0. The molecule has 0 saturated carbocycles. The van der Waals surface area contributed by atoms with E-state index in [1.165, 1.54) is 15.8 Å². The molecule has 5 nitrogen and oxygen atoms in total. The first-order valence-electron chi connectivity index (χ1n) is 23.9. The van der Waals surface area contributed by atoms with E-state index < -0.39 is 16.1 Å². The molecule has 0 radical (unpaired) electrons. The summed E-state index contributed by atoms with van der Waals surface area (Å²) in [4.78, 5) is 4.73. The summed E-state index contributed by atoms with van der Waals surface area (Å²) in [6.07, 6.45) is 0. The molecule has 13 aromatic rings. The Balaban J connectivity index is 0.993. The van der Waals surface area contributed by atoms with Gasteiger partial charge in [0.25, 0.3) is 0 Å². The van der Waals surface area contributed by atoms with Gasteiger partial charge in [0.1, 0.15) is 33.5 Å². The number of anilines is 6. The standard InChI is InChI=1S/C62H50N2O3Si2/c1-68(2,3)45-27-19-39(20-28-45)63(42-25-33-58-54(36-42)48-14-9-11-17-56(48)65-58)41-23-31-51-53(35-41)47-13-7-8-16-50(47)61-52-32-24-44(38-60(52)67-62(51)61)64(40-21-29-46(30-22-40)69(4,5)6)43-26-34-59-55(37-43)49-15-10-12-18-57(49)66-59/h7-38H,1-6H3. The zero-order valence-corrected chi connectivity index (χ0v) is 41.6. The molecule has 69 heavy (non-hydrogen) atoms. The van der Waals surface area contributed by atoms with E-state index in [1.54, 1.807) is 0 Å². The van der Waals surface area contributed by atoms with Crippen molar-refractivity contribution in [3.8, 4) is 0 Å². The van der Waals surface area contributed by atoms with Crippen LogP contribution in [-0.4, -0.2) is 16.1 Å². The van der Waals surface area contributed by atoms with Crippen molar-refractivity contribution in [2.24, 2.45) is 0 Å². The van der Waals surface area contributed by atoms with Crippen LogP contribution in [0.3, 0.4) is 0 Å². The van der Waals surface area contributed by atoms with Crippen LogP contribution in [0.1, 0.15) is 0 Å². The Morgan fingerprint density at radius 1 is 0.275 bits per heavy atom. The number of benzene rings is 10. The second kappa shape index (κ2) is 15.3. The van der Waals surface area contributed by atoms with Gasteiger partial charge in [-0.15, -0.1) is 0 Å². The Morgan fingerprint density at radius 2 is 0.667 bits per heavy atom. The average molecular weight is 927 g/mol. The van der Waals surface area contributed by atoms with Crippen LogP contribution in [0.2, 0.25) is 39.3 Å². The monoisotopic (exact) mass is 926 g/mol. The van der Waals surface area contributed by atoms with Crippen molar-refractivity contribution < 1.29 is 13.3 Å². The van der Waals surface area contributed by atoms with Crippen molar-refractivity contribution in [2.75, 3.05) is 9.80 Å². The van der Waals surface area contributed by atoms with Crippen molar-refractivity contribution >= 4 is 148 Å². The normalized spacial score (nSPS) is 12.5. The lowest BCUT2D eigenvalue weighted by molar-refractivity contribution is 0.668. The maximum atomic E-state index is 7.15. The van der Waals surface area contributed by atoms with Gasteiger partial charge < -0.3 is 23.1 Å². The summed E-state index contributed by atoms with van der Waals surface area (Å²) in [5.41, 5.74) is 11.6. The van der Waals surface area contributed by atoms with Crippen molar-refractivity contribution in [3.05, 3.63) is 194 Å². The molecule has 0 bridgehead atoms. The maximum absolute atomic E-state index is 7.15. The van der Waals surface area contributed by atoms with Gasteiger partial charge in [0, 0.05) is 77.9 Å². The first-order chi connectivity index (χ1) is 33.4. The van der Waals surface area contributed by atoms with E-state index >= 15 is 0 Å². The molecule has 3 heterocycles. The molecule has 334 valence electrons. The van der Waals surface area contributed by atoms with Crippen molar-refractivity contribution in [1.29, 1.82) is 0 Å². The Kier molecular flexibility index (Phi) is 9.19. The van der Waals surface area contributed by atoms with Crippen molar-refractivity contribution in [1.82, 2.24) is 0 Å². The predicted octanol–water partition coefficient (Wildman–Crippen LogP) is 17.7. The van der Waals surface area contributed by atoms with Crippen LogP contribution < -0.4 is 20.2 Å². The third-order valence-corrected chi connectivity index (χ3v) is 18.3. The summed E-state index contributed by atoms with van der Waals surface area (Å²) in [6, 6.07) is 70.4. The van der Waals surface area contributed by atoms with E-state index in [-0.39, 0.29) is 0 Å². The Labute approximate surface area is 402 Å². The first kappa shape index (κ1) is 41.3. The molecule has 10 aromatic carbocycles. The van der Waals surface area contributed by atoms with Gasteiger partial charge in [-0.1, -0.05) is 135 Å². The lowest BCUT2D eigenvalue weighted by Gasteiger charge is -2.27. The third kappa shape index (κ3) is 6.79. The van der Waals surface area contributed by atoms with Gasteiger partial charge in [0.05, 0.1) is 16.1 Å². The molecule has 0 aliphatic carbocycles. The molecule has 0 fully saturated rings. The van der Waals surface area contributed by atoms with Gasteiger partial charge in [0.15, 0.2) is 0 Å². The minimum atomic E-state index is -1.53. The number of hydrogen-bond donors (Lipinski definition) is 0. The molecule has 0 aliphatic heterocycles. The summed E-state index contributed by atoms with van der Waals surface area (Å²) >= 11 is 0. The van der Waals surface area contributed by atoms with Gasteiger partial charge in [-0.25, -0.2) is 0 Å². The van der Waals surface area contributed by atoms with Gasteiger partial charge in [-0.2, -0.15) is 0 Å². The SMILES string of the molecule is C[Si](C)(C)c1ccc(N(c2ccc3c(c2)oc2c4ccc(N(c5ccc([Si](C)(C)C)cc5)c5ccc6oc7ccccc7c6c5)cc4c4ccccc4c32)c2ccc3oc4ccccc4c3c2)cc1. The quantitative estimate of drug-likeness (QED) is 0.112. The zero-order valence-electron chi connectivity index (χ0n) is 39.6. The summed E-state index contributed by atoms with van der Waals surface area (Å²) in [6.45, 7) is 14.4. The van der Waals surface area contributed by atoms with E-state index in [0.717, 1.165) is 116 Å². The highest BCUT2D eigenvalue weighted by Gasteiger charge is 2.24. The molecule has 3 aromatic heterocycles. The number of rotatable bonds is 8. The smallest absolute Gasteiger partial charge is 0.143 e. The number of para-hydroxylation sites is 2. The lowest BCUT2D eigenvalue weighted by Crippen LogP contribution is -2.37. The van der Waals surface area contributed by atoms with Crippen LogP contribution in [0.5, 0.6) is 0 Å². The molecule has 0 unspecified atom stereocenters. The van der Waals surface area contributed by atoms with Crippen LogP contribution >= 0.6 is 0 Å². The highest BCUT2D eigenvalue weighted by Crippen LogP contribution is 2.47. The van der Waals surface area contributed by atoms with E-state index in [4.69, 9.17) is 13.3 Å². The lowest BCUT2D eigenvalue weighted by atomic mass is 9.96. The number of fused-ring (bicyclic) bond motifs is 14. The Morgan fingerprint density at radius 3 is 1.17 bits per heavy atom. The van der Waals surface area contributed by atoms with Crippen LogP contribution in [0.4, 0.5) is 34.1 Å². The minimum Gasteiger partial charge on any atom is -0.456 e. The van der Waals surface area contributed by atoms with Crippen LogP contribution in [0, 0.1) is 0 Å². The van der Waals surface area contributed by atoms with Crippen LogP contribution in [0.15, 0.2) is 207 Å². The van der Waals surface area contributed by atoms with E-state index in [0.29, 0.717) is 0 Å². The Bertz CT molecular complexity index is 4170. The molecule has 13 rings (SSSR count). The zero-order chi connectivity index (χ0) is 46.8. The number of nitrogens with zero attached hydrogens (tertiary/aromatic N) is 2. The molecule has 7 heteroatoms. The summed E-state index contributed by atoms with van der Waals surface area (Å²) in [5, 5.41) is 14.0. The molecule has 0 atom stereocenters. The molecule has 0 amide bonds. The van der Waals surface area contributed by atoms with Gasteiger partial charge in [0.2, 0.25) is 0 Å². The highest BCUT2D eigenvalue weighted by atomic mass is 28.3. The van der Waals surface area contributed by atoms with E-state index in [1.807, 2.05) is 24.3 Å². The minimum absolute atomic E-state index is 0.840. The first-order valence-corrected chi connectivity index (χ1v) is 30.9. The molecule has 0 spiro atoms. The van der Waals surface area contributed by atoms with Gasteiger partial charge in [-0.3, -0.25) is 0 Å². The summed E-state index contributed by atoms with van der Waals surface area (Å²) in [7, 11) is -3.06. The fraction of sp³-hybridized carbons (Fsp3) is 0.0968. The summed E-state index contributed by atoms with van der Waals surface area (Å²) < 4.78 is 19.7. The average Bonchev–Trinajstić information content (AvgIpc) is 4.05. The predicted molar refractivity (Wildman–Crippen MR) is 299 cm³/mol. The largest absolute Gasteiger partial charge is 0.456 e. The van der Waals surface area contributed by atoms with Crippen LogP contribution in [-0.2, 0) is 0 Å². The van der Waals surface area contributed by atoms with Gasteiger partial charge in [-0.05, 0) is 119 Å². The molecule has 0 saturated heterocycles. The molecule has 0 N–H and O–H groups in total. The number of hydrogen-bond acceptors (Lipinski definition) is 5.